The highest BCUT2D eigenvalue weighted by Gasteiger charge is 2.42. The van der Waals surface area contributed by atoms with E-state index in [1.165, 1.54) is 38.1 Å². The highest BCUT2D eigenvalue weighted by Crippen LogP contribution is 2.36. The van der Waals surface area contributed by atoms with Gasteiger partial charge in [0.1, 0.15) is 0 Å². The van der Waals surface area contributed by atoms with Crippen LogP contribution in [-0.2, 0) is 15.4 Å². The summed E-state index contributed by atoms with van der Waals surface area (Å²) in [6.07, 6.45) is -7.96. The fourth-order valence-corrected chi connectivity index (χ4v) is 2.90. The molecule has 20 heavy (non-hydrogen) atoms. The predicted molar refractivity (Wildman–Crippen MR) is 67.5 cm³/mol. The molecule has 0 aliphatic rings. The van der Waals surface area contributed by atoms with Gasteiger partial charge in [-0.15, -0.1) is 0 Å². The summed E-state index contributed by atoms with van der Waals surface area (Å²) in [5.41, 5.74) is -1.07. The average Bonchev–Trinajstić information content (AvgIpc) is 2.26. The molecule has 1 rings (SSSR count). The summed E-state index contributed by atoms with van der Waals surface area (Å²) >= 11 is 0. The summed E-state index contributed by atoms with van der Waals surface area (Å²) in [4.78, 5) is -0.237. The maximum Gasteiger partial charge on any atom is 0.414 e. The van der Waals surface area contributed by atoms with E-state index in [1.54, 1.807) is 0 Å². The van der Waals surface area contributed by atoms with Crippen LogP contribution in [0, 0.1) is 0 Å². The number of sulfonamides is 1. The van der Waals surface area contributed by atoms with Crippen LogP contribution in [0.2, 0.25) is 0 Å². The summed E-state index contributed by atoms with van der Waals surface area (Å²) in [7, 11) is -4.05. The highest BCUT2D eigenvalue weighted by atomic mass is 32.2. The molecule has 0 bridgehead atoms. The lowest BCUT2D eigenvalue weighted by Crippen LogP contribution is -2.36. The van der Waals surface area contributed by atoms with Crippen LogP contribution >= 0.6 is 0 Å². The fourth-order valence-electron chi connectivity index (χ4n) is 1.98. The molecule has 0 heterocycles. The third-order valence-corrected chi connectivity index (χ3v) is 3.97. The summed E-state index contributed by atoms with van der Waals surface area (Å²) in [6, 6.07) is 5.56. The lowest BCUT2D eigenvalue weighted by Gasteiger charge is -2.30. The predicted octanol–water partition coefficient (Wildman–Crippen LogP) is 1.92. The SMILES string of the molecule is CC(C)(CC(O)C(F)(F)F)c1ccccc1S(N)(=O)=O. The van der Waals surface area contributed by atoms with Gasteiger partial charge in [-0.3, -0.25) is 0 Å². The number of nitrogens with two attached hydrogens (primary N) is 1. The molecule has 1 unspecified atom stereocenters. The summed E-state index contributed by atoms with van der Waals surface area (Å²) < 4.78 is 60.3. The topological polar surface area (TPSA) is 80.4 Å². The summed E-state index contributed by atoms with van der Waals surface area (Å²) in [6.45, 7) is 2.85. The molecule has 0 amide bonds. The molecule has 1 aromatic carbocycles. The highest BCUT2D eigenvalue weighted by molar-refractivity contribution is 7.89. The van der Waals surface area contributed by atoms with Crippen molar-refractivity contribution in [2.24, 2.45) is 5.14 Å². The van der Waals surface area contributed by atoms with Crippen LogP contribution in [-0.4, -0.2) is 25.8 Å². The van der Waals surface area contributed by atoms with Gasteiger partial charge in [0.15, 0.2) is 6.10 Å². The Kier molecular flexibility index (Phi) is 4.52. The maximum atomic E-state index is 12.4. The minimum Gasteiger partial charge on any atom is -0.384 e. The standard InChI is InChI=1S/C12H16F3NO3S/c1-11(2,7-10(17)12(13,14)15)8-5-3-4-6-9(8)20(16,18)19/h3-6,10,17H,7H2,1-2H3,(H2,16,18,19). The van der Waals surface area contributed by atoms with Crippen LogP contribution in [0.1, 0.15) is 25.8 Å². The molecule has 0 aliphatic carbocycles. The van der Waals surface area contributed by atoms with E-state index in [1.807, 2.05) is 0 Å². The van der Waals surface area contributed by atoms with Gasteiger partial charge in [-0.25, -0.2) is 13.6 Å². The smallest absolute Gasteiger partial charge is 0.384 e. The zero-order valence-corrected chi connectivity index (χ0v) is 11.8. The molecule has 0 aliphatic heterocycles. The molecule has 0 spiro atoms. The Morgan fingerprint density at radius 2 is 1.75 bits per heavy atom. The van der Waals surface area contributed by atoms with Gasteiger partial charge < -0.3 is 5.11 Å². The second-order valence-electron chi connectivity index (χ2n) is 5.19. The van der Waals surface area contributed by atoms with Gasteiger partial charge in [-0.05, 0) is 23.5 Å². The van der Waals surface area contributed by atoms with Crippen LogP contribution in [0.15, 0.2) is 29.2 Å². The number of alkyl halides is 3. The van der Waals surface area contributed by atoms with Crippen LogP contribution in [0.25, 0.3) is 0 Å². The van der Waals surface area contributed by atoms with E-state index in [9.17, 15) is 26.7 Å². The monoisotopic (exact) mass is 311 g/mol. The van der Waals surface area contributed by atoms with Crippen LogP contribution in [0.5, 0.6) is 0 Å². The van der Waals surface area contributed by atoms with Gasteiger partial charge in [-0.1, -0.05) is 32.0 Å². The van der Waals surface area contributed by atoms with Gasteiger partial charge in [0.05, 0.1) is 4.90 Å². The summed E-state index contributed by atoms with van der Waals surface area (Å²) in [5, 5.41) is 14.2. The number of benzene rings is 1. The van der Waals surface area contributed by atoms with Crippen molar-refractivity contribution in [2.45, 2.75) is 42.9 Å². The van der Waals surface area contributed by atoms with Crippen molar-refractivity contribution in [3.8, 4) is 0 Å². The molecule has 0 radical (unpaired) electrons. The number of hydrogen-bond donors (Lipinski definition) is 2. The normalized spacial score (nSPS) is 15.2. The molecular weight excluding hydrogens is 295 g/mol. The van der Waals surface area contributed by atoms with Crippen LogP contribution in [0.4, 0.5) is 13.2 Å². The van der Waals surface area contributed by atoms with Crippen LogP contribution < -0.4 is 5.14 Å². The summed E-state index contributed by atoms with van der Waals surface area (Å²) in [5.74, 6) is 0. The number of rotatable bonds is 4. The van der Waals surface area contributed by atoms with E-state index in [-0.39, 0.29) is 10.5 Å². The molecule has 1 atom stereocenters. The van der Waals surface area contributed by atoms with Gasteiger partial charge in [0.25, 0.3) is 0 Å². The second-order valence-corrected chi connectivity index (χ2v) is 6.72. The van der Waals surface area contributed by atoms with Crippen molar-refractivity contribution < 1.29 is 26.7 Å². The van der Waals surface area contributed by atoms with Crippen molar-refractivity contribution in [1.29, 1.82) is 0 Å². The molecule has 0 saturated heterocycles. The van der Waals surface area contributed by atoms with Crippen LogP contribution in [0.3, 0.4) is 0 Å². The molecule has 4 nitrogen and oxygen atoms in total. The largest absolute Gasteiger partial charge is 0.414 e. The van der Waals surface area contributed by atoms with Crippen molar-refractivity contribution in [3.63, 3.8) is 0 Å². The number of hydrogen-bond acceptors (Lipinski definition) is 3. The number of halogens is 3. The maximum absolute atomic E-state index is 12.4. The van der Waals surface area contributed by atoms with E-state index in [0.717, 1.165) is 0 Å². The quantitative estimate of drug-likeness (QED) is 0.891. The molecule has 8 heteroatoms. The number of aliphatic hydroxyl groups is 1. The molecule has 0 fully saturated rings. The Bertz CT molecular complexity index is 582. The first-order chi connectivity index (χ1) is 8.86. The minimum absolute atomic E-state index is 0.144. The fraction of sp³-hybridized carbons (Fsp3) is 0.500. The van der Waals surface area contributed by atoms with Gasteiger partial charge in [0, 0.05) is 0 Å². The molecule has 0 saturated carbocycles. The second kappa shape index (κ2) is 5.34. The molecule has 0 aromatic heterocycles. The van der Waals surface area contributed by atoms with Crippen molar-refractivity contribution in [1.82, 2.24) is 0 Å². The lowest BCUT2D eigenvalue weighted by molar-refractivity contribution is -0.209. The van der Waals surface area contributed by atoms with Crippen molar-refractivity contribution >= 4 is 10.0 Å². The van der Waals surface area contributed by atoms with E-state index in [0.29, 0.717) is 0 Å². The molecule has 3 N–H and O–H groups in total. The first-order valence-corrected chi connectivity index (χ1v) is 7.27. The van der Waals surface area contributed by atoms with E-state index < -0.39 is 34.1 Å². The Morgan fingerprint density at radius 3 is 2.20 bits per heavy atom. The van der Waals surface area contributed by atoms with E-state index in [4.69, 9.17) is 5.14 Å². The minimum atomic E-state index is -4.76. The first-order valence-electron chi connectivity index (χ1n) is 5.73. The molecule has 1 aromatic rings. The zero-order valence-electron chi connectivity index (χ0n) is 11.0. The average molecular weight is 311 g/mol. The third kappa shape index (κ3) is 3.94. The van der Waals surface area contributed by atoms with Gasteiger partial charge in [0.2, 0.25) is 10.0 Å². The Balaban J connectivity index is 3.24. The zero-order chi connectivity index (χ0) is 15.8. The number of primary sulfonamides is 1. The van der Waals surface area contributed by atoms with Gasteiger partial charge in [-0.2, -0.15) is 13.2 Å². The first kappa shape index (κ1) is 16.9. The molecule has 114 valence electrons. The van der Waals surface area contributed by atoms with Gasteiger partial charge >= 0.3 is 6.18 Å². The Labute approximate surface area is 115 Å². The van der Waals surface area contributed by atoms with E-state index >= 15 is 0 Å². The Morgan fingerprint density at radius 1 is 1.25 bits per heavy atom. The van der Waals surface area contributed by atoms with Crippen molar-refractivity contribution in [3.05, 3.63) is 29.8 Å². The lowest BCUT2D eigenvalue weighted by atomic mass is 9.79. The van der Waals surface area contributed by atoms with E-state index in [2.05, 4.69) is 0 Å². The van der Waals surface area contributed by atoms with Crippen molar-refractivity contribution in [2.75, 3.05) is 0 Å². The number of aliphatic hydroxyl groups excluding tert-OH is 1. The third-order valence-electron chi connectivity index (χ3n) is 3.00. The molecular formula is C12H16F3NO3S. The Hall–Kier alpha value is -1.12.